The molecule has 2 aliphatic heterocycles. The van der Waals surface area contributed by atoms with Crippen molar-refractivity contribution in [1.82, 2.24) is 10.2 Å². The highest BCUT2D eigenvalue weighted by atomic mass is 16.5. The number of nitrogens with one attached hydrogen (secondary N) is 1. The Hall–Kier alpha value is -1.14. The topological polar surface area (TPSA) is 78.9 Å². The van der Waals surface area contributed by atoms with Gasteiger partial charge in [-0.05, 0) is 39.2 Å². The van der Waals surface area contributed by atoms with Gasteiger partial charge in [-0.3, -0.25) is 14.5 Å². The van der Waals surface area contributed by atoms with Gasteiger partial charge >= 0.3 is 5.97 Å². The van der Waals surface area contributed by atoms with Crippen molar-refractivity contribution in [2.75, 3.05) is 26.3 Å². The normalized spacial score (nSPS) is 29.1. The lowest BCUT2D eigenvalue weighted by Crippen LogP contribution is -2.49. The Morgan fingerprint density at radius 3 is 2.60 bits per heavy atom. The van der Waals surface area contributed by atoms with Crippen LogP contribution in [0.2, 0.25) is 0 Å². The monoisotopic (exact) mass is 284 g/mol. The molecule has 2 aliphatic rings. The first kappa shape index (κ1) is 15.3. The summed E-state index contributed by atoms with van der Waals surface area (Å²) in [6.07, 6.45) is 3.01. The fourth-order valence-electron chi connectivity index (χ4n) is 2.98. The van der Waals surface area contributed by atoms with E-state index in [4.69, 9.17) is 9.84 Å². The molecule has 2 fully saturated rings. The maximum atomic E-state index is 12.0. The minimum Gasteiger partial charge on any atom is -0.481 e. The van der Waals surface area contributed by atoms with Gasteiger partial charge in [-0.1, -0.05) is 0 Å². The van der Waals surface area contributed by atoms with E-state index in [1.165, 1.54) is 0 Å². The van der Waals surface area contributed by atoms with Crippen LogP contribution in [0.5, 0.6) is 0 Å². The Morgan fingerprint density at radius 2 is 2.00 bits per heavy atom. The number of aliphatic carboxylic acids is 1. The fraction of sp³-hybridized carbons (Fsp3) is 0.857. The third-order valence-corrected chi connectivity index (χ3v) is 4.30. The Morgan fingerprint density at radius 1 is 1.30 bits per heavy atom. The third kappa shape index (κ3) is 4.18. The first-order chi connectivity index (χ1) is 9.56. The fourth-order valence-corrected chi connectivity index (χ4v) is 2.98. The van der Waals surface area contributed by atoms with Crippen molar-refractivity contribution in [1.29, 1.82) is 0 Å². The zero-order valence-electron chi connectivity index (χ0n) is 12.0. The minimum absolute atomic E-state index is 0.0394. The van der Waals surface area contributed by atoms with Gasteiger partial charge in [-0.15, -0.1) is 0 Å². The summed E-state index contributed by atoms with van der Waals surface area (Å²) in [4.78, 5) is 25.1. The number of ether oxygens (including phenoxy) is 1. The minimum atomic E-state index is -0.719. The summed E-state index contributed by atoms with van der Waals surface area (Å²) in [5, 5.41) is 12.1. The van der Waals surface area contributed by atoms with Gasteiger partial charge in [-0.25, -0.2) is 0 Å². The number of hydrogen-bond acceptors (Lipinski definition) is 4. The molecule has 2 saturated heterocycles. The van der Waals surface area contributed by atoms with E-state index < -0.39 is 5.97 Å². The number of carboxylic acid groups (broad SMARTS) is 1. The van der Waals surface area contributed by atoms with Gasteiger partial charge in [0, 0.05) is 25.3 Å². The first-order valence-corrected chi connectivity index (χ1v) is 7.40. The van der Waals surface area contributed by atoms with Crippen molar-refractivity contribution in [3.05, 3.63) is 0 Å². The lowest BCUT2D eigenvalue weighted by molar-refractivity contribution is -0.144. The predicted octanol–water partition coefficient (Wildman–Crippen LogP) is 0.467. The van der Waals surface area contributed by atoms with Crippen LogP contribution in [0.15, 0.2) is 0 Å². The second-order valence-corrected chi connectivity index (χ2v) is 5.83. The highest BCUT2D eigenvalue weighted by Crippen LogP contribution is 2.22. The number of likely N-dealkylation sites (tertiary alicyclic amines) is 1. The van der Waals surface area contributed by atoms with Crippen LogP contribution in [0.3, 0.4) is 0 Å². The maximum absolute atomic E-state index is 12.0. The summed E-state index contributed by atoms with van der Waals surface area (Å²) >= 11 is 0. The molecule has 2 atom stereocenters. The van der Waals surface area contributed by atoms with Gasteiger partial charge in [-0.2, -0.15) is 0 Å². The lowest BCUT2D eigenvalue weighted by Gasteiger charge is -2.36. The van der Waals surface area contributed by atoms with Crippen LogP contribution in [0.1, 0.15) is 32.6 Å². The molecule has 6 nitrogen and oxygen atoms in total. The van der Waals surface area contributed by atoms with E-state index in [-0.39, 0.29) is 23.9 Å². The highest BCUT2D eigenvalue weighted by molar-refractivity contribution is 5.78. The third-order valence-electron chi connectivity index (χ3n) is 4.30. The molecular weight excluding hydrogens is 260 g/mol. The zero-order chi connectivity index (χ0) is 14.5. The molecule has 0 aromatic carbocycles. The van der Waals surface area contributed by atoms with Crippen LogP contribution in [0.25, 0.3) is 0 Å². The Kier molecular flexibility index (Phi) is 5.37. The molecule has 0 radical (unpaired) electrons. The first-order valence-electron chi connectivity index (χ1n) is 7.40. The molecular formula is C14H24N2O4. The van der Waals surface area contributed by atoms with Crippen molar-refractivity contribution < 1.29 is 19.4 Å². The predicted molar refractivity (Wildman–Crippen MR) is 73.4 cm³/mol. The Labute approximate surface area is 119 Å². The van der Waals surface area contributed by atoms with Crippen molar-refractivity contribution in [3.8, 4) is 0 Å². The number of piperidine rings is 1. The van der Waals surface area contributed by atoms with Crippen LogP contribution >= 0.6 is 0 Å². The number of carbonyl (C=O) groups excluding carboxylic acids is 1. The molecule has 2 heterocycles. The van der Waals surface area contributed by atoms with Crippen LogP contribution < -0.4 is 5.32 Å². The van der Waals surface area contributed by atoms with Gasteiger partial charge in [0.15, 0.2) is 0 Å². The van der Waals surface area contributed by atoms with Gasteiger partial charge in [0.2, 0.25) is 5.91 Å². The maximum Gasteiger partial charge on any atom is 0.306 e. The molecule has 1 amide bonds. The Bertz CT molecular complexity index is 355. The molecule has 6 heteroatoms. The molecule has 0 aromatic rings. The smallest absolute Gasteiger partial charge is 0.306 e. The molecule has 0 bridgehead atoms. The summed E-state index contributed by atoms with van der Waals surface area (Å²) in [5.74, 6) is -0.944. The number of nitrogens with zero attached hydrogens (tertiary/aromatic N) is 1. The average molecular weight is 284 g/mol. The summed E-state index contributed by atoms with van der Waals surface area (Å²) in [6.45, 7) is 4.47. The summed E-state index contributed by atoms with van der Waals surface area (Å²) < 4.78 is 5.27. The summed E-state index contributed by atoms with van der Waals surface area (Å²) in [6, 6.07) is 0.369. The Balaban J connectivity index is 1.75. The number of carbonyl (C=O) groups is 2. The van der Waals surface area contributed by atoms with Crippen molar-refractivity contribution in [3.63, 3.8) is 0 Å². The summed E-state index contributed by atoms with van der Waals surface area (Å²) in [7, 11) is 0. The lowest BCUT2D eigenvalue weighted by atomic mass is 9.92. The largest absolute Gasteiger partial charge is 0.481 e. The number of hydrogen-bond donors (Lipinski definition) is 2. The molecule has 0 saturated carbocycles. The molecule has 0 aliphatic carbocycles. The van der Waals surface area contributed by atoms with E-state index in [1.54, 1.807) is 0 Å². The standard InChI is InChI=1S/C14H24N2O4/c1-10-8-11(14(18)19)2-5-16(10)9-13(17)15-12-3-6-20-7-4-12/h10-12H,2-9H2,1H3,(H,15,17)(H,18,19). The van der Waals surface area contributed by atoms with Gasteiger partial charge in [0.05, 0.1) is 12.5 Å². The molecule has 114 valence electrons. The number of amides is 1. The quantitative estimate of drug-likeness (QED) is 0.784. The van der Waals surface area contributed by atoms with Crippen LogP contribution in [0.4, 0.5) is 0 Å². The SMILES string of the molecule is CC1CC(C(=O)O)CCN1CC(=O)NC1CCOCC1. The number of carboxylic acids is 1. The molecule has 0 spiro atoms. The van der Waals surface area contributed by atoms with Crippen molar-refractivity contribution in [2.45, 2.75) is 44.7 Å². The van der Waals surface area contributed by atoms with Gasteiger partial charge in [0.25, 0.3) is 0 Å². The number of rotatable bonds is 4. The van der Waals surface area contributed by atoms with E-state index in [9.17, 15) is 9.59 Å². The van der Waals surface area contributed by atoms with E-state index in [1.807, 2.05) is 6.92 Å². The highest BCUT2D eigenvalue weighted by Gasteiger charge is 2.30. The van der Waals surface area contributed by atoms with E-state index >= 15 is 0 Å². The molecule has 2 rings (SSSR count). The molecule has 2 N–H and O–H groups in total. The van der Waals surface area contributed by atoms with Crippen molar-refractivity contribution in [2.24, 2.45) is 5.92 Å². The molecule has 0 aromatic heterocycles. The van der Waals surface area contributed by atoms with E-state index in [0.29, 0.717) is 39.1 Å². The zero-order valence-corrected chi connectivity index (χ0v) is 12.0. The van der Waals surface area contributed by atoms with Crippen LogP contribution in [-0.2, 0) is 14.3 Å². The van der Waals surface area contributed by atoms with Crippen LogP contribution in [-0.4, -0.2) is 60.3 Å². The van der Waals surface area contributed by atoms with Gasteiger partial charge in [0.1, 0.15) is 0 Å². The van der Waals surface area contributed by atoms with Crippen molar-refractivity contribution >= 4 is 11.9 Å². The van der Waals surface area contributed by atoms with Crippen LogP contribution in [0, 0.1) is 5.92 Å². The van der Waals surface area contributed by atoms with Gasteiger partial charge < -0.3 is 15.2 Å². The second kappa shape index (κ2) is 7.04. The second-order valence-electron chi connectivity index (χ2n) is 5.83. The summed E-state index contributed by atoms with van der Waals surface area (Å²) in [5.41, 5.74) is 0. The average Bonchev–Trinajstić information content (AvgIpc) is 2.42. The van der Waals surface area contributed by atoms with E-state index in [2.05, 4.69) is 10.2 Å². The molecule has 2 unspecified atom stereocenters. The molecule has 20 heavy (non-hydrogen) atoms. The van der Waals surface area contributed by atoms with E-state index in [0.717, 1.165) is 12.8 Å².